The number of fused-ring (bicyclic) bond motifs is 1. The molecule has 21 heavy (non-hydrogen) atoms. The van der Waals surface area contributed by atoms with Gasteiger partial charge in [0.15, 0.2) is 0 Å². The van der Waals surface area contributed by atoms with Crippen LogP contribution in [-0.4, -0.2) is 17.3 Å². The maximum Gasteiger partial charge on any atom is 0.408 e. The molecule has 4 nitrogen and oxygen atoms in total. The number of aliphatic hydroxyl groups is 1. The molecule has 0 saturated heterocycles. The Kier molecular flexibility index (Phi) is 3.88. The Balaban J connectivity index is 1.60. The second kappa shape index (κ2) is 5.97. The maximum absolute atomic E-state index is 11.9. The molecule has 0 radical (unpaired) electrons. The van der Waals surface area contributed by atoms with E-state index in [2.05, 4.69) is 5.32 Å². The van der Waals surface area contributed by atoms with Gasteiger partial charge in [-0.3, -0.25) is 0 Å². The third-order valence-corrected chi connectivity index (χ3v) is 3.69. The molecule has 3 rings (SSSR count). The number of hydrogen-bond donors (Lipinski definition) is 2. The largest absolute Gasteiger partial charge is 0.445 e. The normalized spacial score (nSPS) is 19.9. The molecule has 2 aromatic rings. The highest BCUT2D eigenvalue weighted by Gasteiger charge is 2.32. The number of benzene rings is 2. The molecule has 108 valence electrons. The van der Waals surface area contributed by atoms with Gasteiger partial charge in [-0.1, -0.05) is 54.6 Å². The van der Waals surface area contributed by atoms with Gasteiger partial charge in [0, 0.05) is 6.42 Å². The van der Waals surface area contributed by atoms with Gasteiger partial charge in [0.1, 0.15) is 6.61 Å². The summed E-state index contributed by atoms with van der Waals surface area (Å²) in [5.41, 5.74) is 2.96. The molecular formula is C17H17NO3. The van der Waals surface area contributed by atoms with E-state index in [-0.39, 0.29) is 6.61 Å². The van der Waals surface area contributed by atoms with E-state index in [9.17, 15) is 9.90 Å². The van der Waals surface area contributed by atoms with Gasteiger partial charge in [-0.15, -0.1) is 0 Å². The van der Waals surface area contributed by atoms with Crippen molar-refractivity contribution in [3.05, 3.63) is 71.3 Å². The summed E-state index contributed by atoms with van der Waals surface area (Å²) in [5, 5.41) is 12.8. The summed E-state index contributed by atoms with van der Waals surface area (Å²) >= 11 is 0. The van der Waals surface area contributed by atoms with Gasteiger partial charge < -0.3 is 15.2 Å². The van der Waals surface area contributed by atoms with E-state index in [0.29, 0.717) is 6.42 Å². The van der Waals surface area contributed by atoms with Gasteiger partial charge in [-0.25, -0.2) is 4.79 Å². The van der Waals surface area contributed by atoms with Crippen LogP contribution in [0.25, 0.3) is 0 Å². The number of nitrogens with one attached hydrogen (secondary N) is 1. The Morgan fingerprint density at radius 2 is 1.86 bits per heavy atom. The lowest BCUT2D eigenvalue weighted by atomic mass is 10.1. The first-order valence-electron chi connectivity index (χ1n) is 6.97. The van der Waals surface area contributed by atoms with E-state index < -0.39 is 18.2 Å². The fourth-order valence-electron chi connectivity index (χ4n) is 2.64. The van der Waals surface area contributed by atoms with E-state index in [1.165, 1.54) is 0 Å². The minimum absolute atomic E-state index is 0.219. The van der Waals surface area contributed by atoms with Gasteiger partial charge in [0.2, 0.25) is 0 Å². The quantitative estimate of drug-likeness (QED) is 0.910. The average molecular weight is 283 g/mol. The van der Waals surface area contributed by atoms with Crippen LogP contribution in [0.15, 0.2) is 54.6 Å². The van der Waals surface area contributed by atoms with Crippen molar-refractivity contribution < 1.29 is 14.6 Å². The molecule has 2 atom stereocenters. The van der Waals surface area contributed by atoms with Crippen molar-refractivity contribution in [3.8, 4) is 0 Å². The van der Waals surface area contributed by atoms with Crippen molar-refractivity contribution in [1.29, 1.82) is 0 Å². The maximum atomic E-state index is 11.9. The highest BCUT2D eigenvalue weighted by atomic mass is 16.5. The summed E-state index contributed by atoms with van der Waals surface area (Å²) in [7, 11) is 0. The van der Waals surface area contributed by atoms with E-state index in [1.54, 1.807) is 0 Å². The van der Waals surface area contributed by atoms with E-state index in [1.807, 2.05) is 54.6 Å². The average Bonchev–Trinajstić information content (AvgIpc) is 2.82. The molecule has 2 aromatic carbocycles. The molecule has 1 aliphatic rings. The second-order valence-electron chi connectivity index (χ2n) is 5.15. The molecule has 0 saturated carbocycles. The standard InChI is InChI=1S/C17H17NO3/c19-15-10-13-8-4-5-9-14(13)16(15)18-17(20)21-11-12-6-2-1-3-7-12/h1-9,15-16,19H,10-11H2,(H,18,20)/t15-,16+/m1/s1. The van der Waals surface area contributed by atoms with Crippen molar-refractivity contribution in [2.75, 3.05) is 0 Å². The summed E-state index contributed by atoms with van der Waals surface area (Å²) < 4.78 is 5.19. The molecular weight excluding hydrogens is 266 g/mol. The van der Waals surface area contributed by atoms with Crippen LogP contribution in [-0.2, 0) is 17.8 Å². The zero-order valence-electron chi connectivity index (χ0n) is 11.5. The third kappa shape index (κ3) is 3.06. The van der Waals surface area contributed by atoms with Crippen molar-refractivity contribution in [2.45, 2.75) is 25.2 Å². The molecule has 0 unspecified atom stereocenters. The van der Waals surface area contributed by atoms with Crippen LogP contribution in [0.5, 0.6) is 0 Å². The first kappa shape index (κ1) is 13.6. The first-order valence-corrected chi connectivity index (χ1v) is 6.97. The lowest BCUT2D eigenvalue weighted by Gasteiger charge is -2.17. The zero-order chi connectivity index (χ0) is 14.7. The van der Waals surface area contributed by atoms with Crippen molar-refractivity contribution >= 4 is 6.09 Å². The molecule has 2 N–H and O–H groups in total. The molecule has 1 amide bonds. The van der Waals surface area contributed by atoms with Crippen LogP contribution in [0.1, 0.15) is 22.7 Å². The van der Waals surface area contributed by atoms with E-state index in [4.69, 9.17) is 4.74 Å². The van der Waals surface area contributed by atoms with Crippen molar-refractivity contribution in [1.82, 2.24) is 5.32 Å². The van der Waals surface area contributed by atoms with E-state index in [0.717, 1.165) is 16.7 Å². The molecule has 0 spiro atoms. The molecule has 1 aliphatic carbocycles. The van der Waals surface area contributed by atoms with Gasteiger partial charge in [0.05, 0.1) is 12.1 Å². The Morgan fingerprint density at radius 1 is 1.14 bits per heavy atom. The summed E-state index contributed by atoms with van der Waals surface area (Å²) in [6.07, 6.45) is -0.564. The van der Waals surface area contributed by atoms with Gasteiger partial charge >= 0.3 is 6.09 Å². The van der Waals surface area contributed by atoms with E-state index >= 15 is 0 Å². The van der Waals surface area contributed by atoms with Crippen LogP contribution < -0.4 is 5.32 Å². The fourth-order valence-corrected chi connectivity index (χ4v) is 2.64. The molecule has 0 aromatic heterocycles. The molecule has 0 aliphatic heterocycles. The molecule has 4 heteroatoms. The predicted octanol–water partition coefficient (Wildman–Crippen LogP) is 2.57. The number of ether oxygens (including phenoxy) is 1. The third-order valence-electron chi connectivity index (χ3n) is 3.69. The van der Waals surface area contributed by atoms with Crippen molar-refractivity contribution in [3.63, 3.8) is 0 Å². The SMILES string of the molecule is O=C(N[C@H]1c2ccccc2C[C@H]1O)OCc1ccccc1. The number of carbonyl (C=O) groups is 1. The lowest BCUT2D eigenvalue weighted by Crippen LogP contribution is -2.34. The highest BCUT2D eigenvalue weighted by Crippen LogP contribution is 2.31. The number of carbonyl (C=O) groups excluding carboxylic acids is 1. The minimum Gasteiger partial charge on any atom is -0.445 e. The molecule has 0 bridgehead atoms. The van der Waals surface area contributed by atoms with Gasteiger partial charge in [0.25, 0.3) is 0 Å². The number of aliphatic hydroxyl groups excluding tert-OH is 1. The van der Waals surface area contributed by atoms with Crippen LogP contribution in [0, 0.1) is 0 Å². The smallest absolute Gasteiger partial charge is 0.408 e. The summed E-state index contributed by atoms with van der Waals surface area (Å²) in [6.45, 7) is 0.219. The van der Waals surface area contributed by atoms with Crippen LogP contribution in [0.4, 0.5) is 4.79 Å². The summed E-state index contributed by atoms with van der Waals surface area (Å²) in [6, 6.07) is 16.8. The number of hydrogen-bond acceptors (Lipinski definition) is 3. The Morgan fingerprint density at radius 3 is 2.67 bits per heavy atom. The fraction of sp³-hybridized carbons (Fsp3) is 0.235. The highest BCUT2D eigenvalue weighted by molar-refractivity contribution is 5.68. The molecule has 0 fully saturated rings. The van der Waals surface area contributed by atoms with Crippen LogP contribution in [0.3, 0.4) is 0 Å². The predicted molar refractivity (Wildman–Crippen MR) is 78.7 cm³/mol. The first-order chi connectivity index (χ1) is 10.2. The number of alkyl carbamates (subject to hydrolysis) is 1. The Labute approximate surface area is 123 Å². The van der Waals surface area contributed by atoms with Crippen molar-refractivity contribution in [2.24, 2.45) is 0 Å². The topological polar surface area (TPSA) is 58.6 Å². The Hall–Kier alpha value is -2.33. The van der Waals surface area contributed by atoms with Gasteiger partial charge in [-0.05, 0) is 16.7 Å². The number of rotatable bonds is 3. The second-order valence-corrected chi connectivity index (χ2v) is 5.15. The Bertz CT molecular complexity index is 627. The zero-order valence-corrected chi connectivity index (χ0v) is 11.5. The minimum atomic E-state index is -0.605. The van der Waals surface area contributed by atoms with Gasteiger partial charge in [-0.2, -0.15) is 0 Å². The van der Waals surface area contributed by atoms with Crippen LogP contribution in [0.2, 0.25) is 0 Å². The monoisotopic (exact) mass is 283 g/mol. The summed E-state index contributed by atoms with van der Waals surface area (Å²) in [5.74, 6) is 0. The van der Waals surface area contributed by atoms with Crippen LogP contribution >= 0.6 is 0 Å². The lowest BCUT2D eigenvalue weighted by molar-refractivity contribution is 0.109. The molecule has 0 heterocycles. The summed E-state index contributed by atoms with van der Waals surface area (Å²) in [4.78, 5) is 11.9. The number of amides is 1.